The molecule has 0 saturated carbocycles. The topological polar surface area (TPSA) is 74.3 Å². The smallest absolute Gasteiger partial charge is 0.409 e. The summed E-state index contributed by atoms with van der Waals surface area (Å²) in [5.74, 6) is 0.126. The van der Waals surface area contributed by atoms with Crippen LogP contribution in [0.1, 0.15) is 32.6 Å². The summed E-state index contributed by atoms with van der Waals surface area (Å²) in [6, 6.07) is 1.36. The lowest BCUT2D eigenvalue weighted by molar-refractivity contribution is -0.134. The first-order valence-electron chi connectivity index (χ1n) is 10.2. The summed E-state index contributed by atoms with van der Waals surface area (Å²) in [4.78, 5) is 29.6. The molecule has 2 amide bonds. The fraction of sp³-hybridized carbons (Fsp3) is 0.895. The lowest BCUT2D eigenvalue weighted by atomic mass is 10.0. The Balaban J connectivity index is 1.40. The summed E-state index contributed by atoms with van der Waals surface area (Å²) in [5.41, 5.74) is 0. The zero-order chi connectivity index (χ0) is 19.4. The molecule has 0 radical (unpaired) electrons. The summed E-state index contributed by atoms with van der Waals surface area (Å²) in [6.07, 6.45) is 3.30. The second-order valence-electron chi connectivity index (χ2n) is 8.11. The van der Waals surface area contributed by atoms with Crippen LogP contribution in [0.15, 0.2) is 0 Å². The van der Waals surface area contributed by atoms with E-state index < -0.39 is 0 Å². The van der Waals surface area contributed by atoms with Crippen molar-refractivity contribution < 1.29 is 19.1 Å². The predicted molar refractivity (Wildman–Crippen MR) is 102 cm³/mol. The Morgan fingerprint density at radius 3 is 2.59 bits per heavy atom. The Labute approximate surface area is 162 Å². The van der Waals surface area contributed by atoms with Crippen LogP contribution in [0.4, 0.5) is 4.79 Å². The van der Waals surface area contributed by atoms with Crippen LogP contribution >= 0.6 is 0 Å². The van der Waals surface area contributed by atoms with Crippen molar-refractivity contribution in [1.82, 2.24) is 20.0 Å². The highest BCUT2D eigenvalue weighted by Gasteiger charge is 2.38. The minimum atomic E-state index is -0.190. The van der Waals surface area contributed by atoms with Crippen LogP contribution < -0.4 is 5.32 Å². The number of morpholine rings is 1. The molecule has 1 N–H and O–H groups in total. The van der Waals surface area contributed by atoms with E-state index >= 15 is 0 Å². The van der Waals surface area contributed by atoms with Crippen molar-refractivity contribution in [3.63, 3.8) is 0 Å². The van der Waals surface area contributed by atoms with Crippen molar-refractivity contribution in [3.8, 4) is 0 Å². The maximum absolute atomic E-state index is 11.9. The third kappa shape index (κ3) is 5.33. The van der Waals surface area contributed by atoms with E-state index in [1.165, 1.54) is 0 Å². The molecule has 27 heavy (non-hydrogen) atoms. The van der Waals surface area contributed by atoms with Gasteiger partial charge in [-0.2, -0.15) is 0 Å². The molecular weight excluding hydrogens is 348 g/mol. The van der Waals surface area contributed by atoms with Crippen molar-refractivity contribution in [3.05, 3.63) is 0 Å². The molecule has 0 bridgehead atoms. The SMILES string of the molecule is CCOC(=O)N1CCC(N[C@H]2C[C@H]3CO[C@@H](CC(=O)N(C)C)CN3C2)CC1. The quantitative estimate of drug-likeness (QED) is 0.747. The number of hydrogen-bond acceptors (Lipinski definition) is 6. The van der Waals surface area contributed by atoms with Crippen molar-refractivity contribution >= 4 is 12.0 Å². The molecule has 3 rings (SSSR count). The number of nitrogens with one attached hydrogen (secondary N) is 1. The molecule has 3 fully saturated rings. The lowest BCUT2D eigenvalue weighted by Crippen LogP contribution is -2.49. The number of rotatable bonds is 5. The van der Waals surface area contributed by atoms with Gasteiger partial charge in [0.05, 0.1) is 25.7 Å². The second kappa shape index (κ2) is 9.21. The molecule has 0 aromatic heterocycles. The monoisotopic (exact) mass is 382 g/mol. The van der Waals surface area contributed by atoms with Crippen LogP contribution in [0.3, 0.4) is 0 Å². The molecule has 0 aromatic carbocycles. The molecule has 8 heteroatoms. The van der Waals surface area contributed by atoms with E-state index in [-0.39, 0.29) is 18.1 Å². The zero-order valence-corrected chi connectivity index (χ0v) is 16.9. The summed E-state index contributed by atoms with van der Waals surface area (Å²) >= 11 is 0. The van der Waals surface area contributed by atoms with Gasteiger partial charge >= 0.3 is 6.09 Å². The van der Waals surface area contributed by atoms with Gasteiger partial charge in [0.2, 0.25) is 5.91 Å². The number of piperidine rings is 1. The highest BCUT2D eigenvalue weighted by atomic mass is 16.6. The molecule has 3 saturated heterocycles. The van der Waals surface area contributed by atoms with Crippen molar-refractivity contribution in [2.24, 2.45) is 0 Å². The normalized spacial score (nSPS) is 29.4. The van der Waals surface area contributed by atoms with Gasteiger partial charge in [-0.05, 0) is 26.2 Å². The zero-order valence-electron chi connectivity index (χ0n) is 16.9. The molecule has 8 nitrogen and oxygen atoms in total. The molecule has 0 unspecified atom stereocenters. The van der Waals surface area contributed by atoms with E-state index in [0.29, 0.717) is 37.8 Å². The van der Waals surface area contributed by atoms with Gasteiger partial charge in [-0.3, -0.25) is 9.69 Å². The van der Waals surface area contributed by atoms with Gasteiger partial charge in [-0.15, -0.1) is 0 Å². The van der Waals surface area contributed by atoms with E-state index in [1.807, 2.05) is 6.92 Å². The largest absolute Gasteiger partial charge is 0.450 e. The van der Waals surface area contributed by atoms with Crippen molar-refractivity contribution in [2.75, 3.05) is 53.5 Å². The van der Waals surface area contributed by atoms with Gasteiger partial charge in [-0.25, -0.2) is 4.79 Å². The number of carbonyl (C=O) groups is 2. The minimum absolute atomic E-state index is 0.00252. The van der Waals surface area contributed by atoms with Gasteiger partial charge in [-0.1, -0.05) is 0 Å². The van der Waals surface area contributed by atoms with Gasteiger partial charge in [0, 0.05) is 58.4 Å². The Bertz CT molecular complexity index is 522. The van der Waals surface area contributed by atoms with E-state index in [0.717, 1.165) is 45.4 Å². The molecule has 0 spiro atoms. The van der Waals surface area contributed by atoms with Crippen LogP contribution in [0.5, 0.6) is 0 Å². The maximum atomic E-state index is 11.9. The Kier molecular flexibility index (Phi) is 6.94. The van der Waals surface area contributed by atoms with Gasteiger partial charge in [0.25, 0.3) is 0 Å². The number of ether oxygens (including phenoxy) is 2. The van der Waals surface area contributed by atoms with E-state index in [4.69, 9.17) is 9.47 Å². The average molecular weight is 383 g/mol. The lowest BCUT2D eigenvalue weighted by Gasteiger charge is -2.35. The summed E-state index contributed by atoms with van der Waals surface area (Å²) < 4.78 is 11.0. The van der Waals surface area contributed by atoms with Crippen molar-refractivity contribution in [1.29, 1.82) is 0 Å². The highest BCUT2D eigenvalue weighted by Crippen LogP contribution is 2.25. The van der Waals surface area contributed by atoms with Gasteiger partial charge < -0.3 is 24.6 Å². The van der Waals surface area contributed by atoms with Crippen LogP contribution in [-0.4, -0.2) is 104 Å². The van der Waals surface area contributed by atoms with Crippen LogP contribution in [0, 0.1) is 0 Å². The van der Waals surface area contributed by atoms with E-state index in [1.54, 1.807) is 23.9 Å². The fourth-order valence-corrected chi connectivity index (χ4v) is 4.34. The Hall–Kier alpha value is -1.38. The predicted octanol–water partition coefficient (Wildman–Crippen LogP) is 0.517. The Morgan fingerprint density at radius 2 is 1.93 bits per heavy atom. The van der Waals surface area contributed by atoms with Crippen molar-refractivity contribution in [2.45, 2.75) is 56.8 Å². The molecule has 3 atom stereocenters. The number of carbonyl (C=O) groups excluding carboxylic acids is 2. The molecule has 0 aliphatic carbocycles. The summed E-state index contributed by atoms with van der Waals surface area (Å²) in [5, 5.41) is 3.79. The number of likely N-dealkylation sites (tertiary alicyclic amines) is 1. The van der Waals surface area contributed by atoms with E-state index in [2.05, 4.69) is 10.2 Å². The third-order valence-corrected chi connectivity index (χ3v) is 5.88. The second-order valence-corrected chi connectivity index (χ2v) is 8.11. The summed E-state index contributed by atoms with van der Waals surface area (Å²) in [6.45, 7) is 6.35. The fourth-order valence-electron chi connectivity index (χ4n) is 4.34. The van der Waals surface area contributed by atoms with Crippen LogP contribution in [0.25, 0.3) is 0 Å². The van der Waals surface area contributed by atoms with Gasteiger partial charge in [0.1, 0.15) is 0 Å². The average Bonchev–Trinajstić information content (AvgIpc) is 3.04. The number of hydrogen-bond donors (Lipinski definition) is 1. The molecular formula is C19H34N4O4. The van der Waals surface area contributed by atoms with Crippen LogP contribution in [-0.2, 0) is 14.3 Å². The third-order valence-electron chi connectivity index (χ3n) is 5.88. The molecule has 3 heterocycles. The van der Waals surface area contributed by atoms with Crippen LogP contribution in [0.2, 0.25) is 0 Å². The molecule has 3 aliphatic rings. The van der Waals surface area contributed by atoms with Gasteiger partial charge in [0.15, 0.2) is 0 Å². The standard InChI is InChI=1S/C19H34N4O4/c1-4-26-19(25)22-7-5-14(6-8-22)20-15-9-16-13-27-17(12-23(16)11-15)10-18(24)21(2)3/h14-17,20H,4-13H2,1-3H3/t15-,16-,17-/m0/s1. The first-order chi connectivity index (χ1) is 13.0. The maximum Gasteiger partial charge on any atom is 0.409 e. The number of nitrogens with zero attached hydrogens (tertiary/aromatic N) is 3. The Morgan fingerprint density at radius 1 is 1.19 bits per heavy atom. The highest BCUT2D eigenvalue weighted by molar-refractivity contribution is 5.76. The van der Waals surface area contributed by atoms with E-state index in [9.17, 15) is 9.59 Å². The molecule has 3 aliphatic heterocycles. The molecule has 0 aromatic rings. The minimum Gasteiger partial charge on any atom is -0.450 e. The summed E-state index contributed by atoms with van der Waals surface area (Å²) in [7, 11) is 3.58. The number of amides is 2. The first-order valence-corrected chi connectivity index (χ1v) is 10.2. The molecule has 154 valence electrons. The first kappa shape index (κ1) is 20.4. The number of fused-ring (bicyclic) bond motifs is 1.